The van der Waals surface area contributed by atoms with Crippen LogP contribution in [0.1, 0.15) is 27.7 Å². The van der Waals surface area contributed by atoms with Crippen molar-refractivity contribution >= 4 is 61.2 Å². The van der Waals surface area contributed by atoms with Crippen molar-refractivity contribution < 1.29 is 13.7 Å². The van der Waals surface area contributed by atoms with Crippen LogP contribution in [0.3, 0.4) is 0 Å². The zero-order valence-electron chi connectivity index (χ0n) is 20.8. The van der Waals surface area contributed by atoms with Crippen molar-refractivity contribution in [3.05, 3.63) is 96.8 Å². The number of hydrogen-bond acceptors (Lipinski definition) is 4. The minimum Gasteiger partial charge on any atom is -0.399 e. The molecule has 3 nitrogen and oxygen atoms in total. The molecule has 0 unspecified atom stereocenters. The summed E-state index contributed by atoms with van der Waals surface area (Å²) in [7, 11) is -0.418. The van der Waals surface area contributed by atoms with Crippen molar-refractivity contribution in [2.45, 2.75) is 38.9 Å². The maximum Gasteiger partial charge on any atom is 0.494 e. The minimum atomic E-state index is -0.418. The van der Waals surface area contributed by atoms with Gasteiger partial charge >= 0.3 is 7.12 Å². The molecule has 1 saturated heterocycles. The largest absolute Gasteiger partial charge is 0.494 e. The van der Waals surface area contributed by atoms with Gasteiger partial charge in [-0.3, -0.25) is 0 Å². The maximum absolute atomic E-state index is 13.8. The van der Waals surface area contributed by atoms with Crippen LogP contribution in [0.25, 0.3) is 20.2 Å². The van der Waals surface area contributed by atoms with Crippen molar-refractivity contribution in [1.82, 2.24) is 0 Å². The highest BCUT2D eigenvalue weighted by Gasteiger charge is 2.51. The lowest BCUT2D eigenvalue weighted by Gasteiger charge is -2.32. The van der Waals surface area contributed by atoms with E-state index in [1.54, 1.807) is 11.3 Å². The Bertz CT molecular complexity index is 1540. The van der Waals surface area contributed by atoms with Gasteiger partial charge in [-0.2, -0.15) is 0 Å². The Kier molecular flexibility index (Phi) is 5.45. The predicted octanol–water partition coefficient (Wildman–Crippen LogP) is 7.96. The fourth-order valence-electron chi connectivity index (χ4n) is 4.65. The van der Waals surface area contributed by atoms with E-state index in [1.165, 1.54) is 32.3 Å². The van der Waals surface area contributed by atoms with E-state index >= 15 is 0 Å². The summed E-state index contributed by atoms with van der Waals surface area (Å²) in [6, 6.07) is 29.9. The lowest BCUT2D eigenvalue weighted by atomic mass is 9.79. The van der Waals surface area contributed by atoms with E-state index in [9.17, 15) is 4.39 Å². The topological polar surface area (TPSA) is 21.7 Å². The van der Waals surface area contributed by atoms with Gasteiger partial charge in [-0.25, -0.2) is 4.39 Å². The van der Waals surface area contributed by atoms with Gasteiger partial charge in [0.1, 0.15) is 5.82 Å². The summed E-state index contributed by atoms with van der Waals surface area (Å²) in [5.41, 5.74) is 3.06. The van der Waals surface area contributed by atoms with Crippen LogP contribution in [0.2, 0.25) is 0 Å². The molecule has 1 aliphatic heterocycles. The van der Waals surface area contributed by atoms with E-state index in [2.05, 4.69) is 87.2 Å². The van der Waals surface area contributed by atoms with Gasteiger partial charge in [0.25, 0.3) is 0 Å². The van der Waals surface area contributed by atoms with E-state index in [0.717, 1.165) is 22.5 Å². The molecule has 6 rings (SSSR count). The van der Waals surface area contributed by atoms with Crippen molar-refractivity contribution in [2.24, 2.45) is 0 Å². The summed E-state index contributed by atoms with van der Waals surface area (Å²) in [5, 5.41) is 2.51. The maximum atomic E-state index is 13.8. The molecule has 5 aromatic rings. The van der Waals surface area contributed by atoms with Gasteiger partial charge in [0.05, 0.1) is 11.2 Å². The molecule has 6 heteroatoms. The Morgan fingerprint density at radius 1 is 0.667 bits per heavy atom. The van der Waals surface area contributed by atoms with Crippen LogP contribution >= 0.6 is 11.3 Å². The van der Waals surface area contributed by atoms with E-state index in [4.69, 9.17) is 9.31 Å². The van der Waals surface area contributed by atoms with Crippen LogP contribution in [0.4, 0.5) is 21.5 Å². The number of anilines is 3. The van der Waals surface area contributed by atoms with Crippen LogP contribution in [0, 0.1) is 5.82 Å². The van der Waals surface area contributed by atoms with Gasteiger partial charge < -0.3 is 14.2 Å². The first-order chi connectivity index (χ1) is 17.2. The van der Waals surface area contributed by atoms with Gasteiger partial charge in [0, 0.05) is 37.2 Å². The molecule has 0 spiro atoms. The van der Waals surface area contributed by atoms with Crippen LogP contribution in [-0.4, -0.2) is 18.3 Å². The molecule has 1 aliphatic rings. The molecule has 0 N–H and O–H groups in total. The Hall–Kier alpha value is -3.19. The number of nitrogens with zero attached hydrogens (tertiary/aromatic N) is 1. The van der Waals surface area contributed by atoms with Crippen molar-refractivity contribution in [2.75, 3.05) is 4.90 Å². The fraction of sp³-hybridized carbons (Fsp3) is 0.200. The quantitative estimate of drug-likeness (QED) is 0.236. The Morgan fingerprint density at radius 3 is 1.89 bits per heavy atom. The summed E-state index contributed by atoms with van der Waals surface area (Å²) in [4.78, 5) is 2.15. The minimum absolute atomic E-state index is 0.255. The first-order valence-electron chi connectivity index (χ1n) is 12.1. The average molecular weight is 495 g/mol. The number of halogens is 1. The molecule has 1 fully saturated rings. The van der Waals surface area contributed by atoms with Gasteiger partial charge in [0.15, 0.2) is 0 Å². The SMILES string of the molecule is CC1(C)OB(c2ccc(N(c3ccc(F)cc3)c3ccc4c(c3)sc3ccccc34)cc2)OC1(C)C. The molecule has 0 atom stereocenters. The third-order valence-electron chi connectivity index (χ3n) is 7.38. The number of thiophene rings is 1. The van der Waals surface area contributed by atoms with E-state index in [-0.39, 0.29) is 5.82 Å². The molecule has 0 amide bonds. The predicted molar refractivity (Wildman–Crippen MR) is 150 cm³/mol. The Balaban J connectivity index is 1.41. The van der Waals surface area contributed by atoms with E-state index < -0.39 is 18.3 Å². The second-order valence-corrected chi connectivity index (χ2v) is 11.4. The molecule has 0 aliphatic carbocycles. The first kappa shape index (κ1) is 23.2. The van der Waals surface area contributed by atoms with Crippen LogP contribution in [-0.2, 0) is 9.31 Å². The van der Waals surface area contributed by atoms with Gasteiger partial charge in [-0.1, -0.05) is 36.4 Å². The number of hydrogen-bond donors (Lipinski definition) is 0. The first-order valence-corrected chi connectivity index (χ1v) is 13.0. The van der Waals surface area contributed by atoms with E-state index in [1.807, 2.05) is 24.3 Å². The summed E-state index contributed by atoms with van der Waals surface area (Å²) < 4.78 is 28.7. The molecule has 36 heavy (non-hydrogen) atoms. The molecule has 180 valence electrons. The number of fused-ring (bicyclic) bond motifs is 3. The summed E-state index contributed by atoms with van der Waals surface area (Å²) >= 11 is 1.79. The summed E-state index contributed by atoms with van der Waals surface area (Å²) in [5.74, 6) is -0.255. The van der Waals surface area contributed by atoms with E-state index in [0.29, 0.717) is 0 Å². The smallest absolute Gasteiger partial charge is 0.399 e. The van der Waals surface area contributed by atoms with Crippen molar-refractivity contribution in [1.29, 1.82) is 0 Å². The van der Waals surface area contributed by atoms with Crippen LogP contribution in [0.5, 0.6) is 0 Å². The summed E-state index contributed by atoms with van der Waals surface area (Å²) in [6.07, 6.45) is 0. The molecular formula is C30H27BFNO2S. The van der Waals surface area contributed by atoms with Gasteiger partial charge in [-0.05, 0) is 87.8 Å². The Labute approximate surface area is 215 Å². The highest BCUT2D eigenvalue weighted by molar-refractivity contribution is 7.25. The summed E-state index contributed by atoms with van der Waals surface area (Å²) in [6.45, 7) is 8.23. The average Bonchev–Trinajstić information content (AvgIpc) is 3.33. The molecule has 1 aromatic heterocycles. The lowest BCUT2D eigenvalue weighted by Crippen LogP contribution is -2.41. The van der Waals surface area contributed by atoms with Crippen molar-refractivity contribution in [3.8, 4) is 0 Å². The third kappa shape index (κ3) is 3.90. The molecule has 0 bridgehead atoms. The fourth-order valence-corrected chi connectivity index (χ4v) is 5.79. The Morgan fingerprint density at radius 2 is 1.22 bits per heavy atom. The molecule has 0 saturated carbocycles. The second-order valence-electron chi connectivity index (χ2n) is 10.3. The van der Waals surface area contributed by atoms with Crippen LogP contribution < -0.4 is 10.4 Å². The number of benzene rings is 4. The highest BCUT2D eigenvalue weighted by Crippen LogP contribution is 2.41. The third-order valence-corrected chi connectivity index (χ3v) is 8.52. The molecular weight excluding hydrogens is 468 g/mol. The standard InChI is InChI=1S/C30H27BFNO2S/c1-29(2)30(3,4)35-31(34-29)20-9-13-22(14-10-20)33(23-15-11-21(32)12-16-23)24-17-18-26-25-7-5-6-8-27(25)36-28(26)19-24/h5-19H,1-4H3. The highest BCUT2D eigenvalue weighted by atomic mass is 32.1. The van der Waals surface area contributed by atoms with Gasteiger partial charge in [0.2, 0.25) is 0 Å². The zero-order chi connectivity index (χ0) is 25.1. The molecule has 2 heterocycles. The monoisotopic (exact) mass is 495 g/mol. The zero-order valence-corrected chi connectivity index (χ0v) is 21.6. The number of rotatable bonds is 4. The van der Waals surface area contributed by atoms with Crippen molar-refractivity contribution in [3.63, 3.8) is 0 Å². The normalized spacial score (nSPS) is 16.6. The lowest BCUT2D eigenvalue weighted by molar-refractivity contribution is 0.00578. The molecule has 0 radical (unpaired) electrons. The van der Waals surface area contributed by atoms with Crippen LogP contribution in [0.15, 0.2) is 91.0 Å². The second kappa shape index (κ2) is 8.44. The van der Waals surface area contributed by atoms with Gasteiger partial charge in [-0.15, -0.1) is 11.3 Å². The molecule has 4 aromatic carbocycles.